The first kappa shape index (κ1) is 6.93. The maximum atomic E-state index is 8.02. The van der Waals surface area contributed by atoms with Crippen molar-refractivity contribution in [1.82, 2.24) is 0 Å². The first-order valence-electron chi connectivity index (χ1n) is 2.55. The van der Waals surface area contributed by atoms with Gasteiger partial charge in [-0.1, -0.05) is 28.8 Å². The maximum absolute atomic E-state index is 8.02. The molecule has 0 amide bonds. The van der Waals surface area contributed by atoms with E-state index in [0.717, 1.165) is 0 Å². The molecule has 1 aromatic carbocycles. The molecule has 1 radical (unpaired) electrons. The second-order valence-corrected chi connectivity index (χ2v) is 1.99. The van der Waals surface area contributed by atoms with Gasteiger partial charge < -0.3 is 0 Å². The van der Waals surface area contributed by atoms with Gasteiger partial charge in [0.2, 0.25) is 0 Å². The van der Waals surface area contributed by atoms with Gasteiger partial charge in [0.15, 0.2) is 0 Å². The summed E-state index contributed by atoms with van der Waals surface area (Å²) in [7, 11) is 0. The molecular weight excluding hydrogens is 150 g/mol. The summed E-state index contributed by atoms with van der Waals surface area (Å²) in [5.41, 5.74) is 8.52. The molecule has 0 heterocycles. The molecule has 4 heteroatoms. The predicted octanol–water partition coefficient (Wildman–Crippen LogP) is 3.08. The van der Waals surface area contributed by atoms with Crippen LogP contribution in [0.1, 0.15) is 0 Å². The van der Waals surface area contributed by atoms with Crippen LogP contribution in [0.4, 0.5) is 5.69 Å². The van der Waals surface area contributed by atoms with E-state index < -0.39 is 0 Å². The molecular formula is C6H3ClN3. The van der Waals surface area contributed by atoms with Crippen molar-refractivity contribution in [2.75, 3.05) is 0 Å². The van der Waals surface area contributed by atoms with Crippen LogP contribution < -0.4 is 0 Å². The van der Waals surface area contributed by atoms with Crippen molar-refractivity contribution >= 4 is 17.3 Å². The van der Waals surface area contributed by atoms with E-state index in [1.54, 1.807) is 18.2 Å². The lowest BCUT2D eigenvalue weighted by molar-refractivity contribution is 1.48. The third-order valence-electron chi connectivity index (χ3n) is 0.910. The molecule has 49 valence electrons. The molecule has 0 saturated heterocycles. The lowest BCUT2D eigenvalue weighted by Gasteiger charge is -1.88. The Morgan fingerprint density at radius 1 is 1.70 bits per heavy atom. The number of nitrogens with zero attached hydrogens (tertiary/aromatic N) is 3. The van der Waals surface area contributed by atoms with Gasteiger partial charge in [0, 0.05) is 21.7 Å². The Bertz CT molecular complexity index is 278. The summed E-state index contributed by atoms with van der Waals surface area (Å²) in [5.74, 6) is 0. The van der Waals surface area contributed by atoms with Gasteiger partial charge >= 0.3 is 0 Å². The van der Waals surface area contributed by atoms with Gasteiger partial charge in [0.05, 0.1) is 0 Å². The molecule has 0 bridgehead atoms. The zero-order valence-corrected chi connectivity index (χ0v) is 5.71. The Labute approximate surface area is 62.9 Å². The van der Waals surface area contributed by atoms with Crippen molar-refractivity contribution in [3.63, 3.8) is 0 Å². The average Bonchev–Trinajstić information content (AvgIpc) is 1.88. The Morgan fingerprint density at radius 3 is 3.10 bits per heavy atom. The second-order valence-electron chi connectivity index (χ2n) is 1.58. The Balaban J connectivity index is 3.06. The topological polar surface area (TPSA) is 48.8 Å². The summed E-state index contributed by atoms with van der Waals surface area (Å²) in [5, 5.41) is 3.79. The van der Waals surface area contributed by atoms with Crippen molar-refractivity contribution in [3.05, 3.63) is 39.7 Å². The highest BCUT2D eigenvalue weighted by molar-refractivity contribution is 6.30. The molecule has 0 aliphatic rings. The van der Waals surface area contributed by atoms with Crippen LogP contribution in [0.3, 0.4) is 0 Å². The Hall–Kier alpha value is -1.18. The van der Waals surface area contributed by atoms with E-state index in [2.05, 4.69) is 16.1 Å². The standard InChI is InChI=1S/C6H3ClN3/c7-5-2-1-3-6(4-5)9-10-8/h1,3-4H. The molecule has 0 atom stereocenters. The summed E-state index contributed by atoms with van der Waals surface area (Å²) >= 11 is 5.54. The number of azide groups is 1. The molecule has 0 fully saturated rings. The number of rotatable bonds is 1. The van der Waals surface area contributed by atoms with Gasteiger partial charge in [-0.15, -0.1) is 0 Å². The van der Waals surface area contributed by atoms with Gasteiger partial charge in [-0.2, -0.15) is 0 Å². The van der Waals surface area contributed by atoms with Crippen molar-refractivity contribution in [1.29, 1.82) is 0 Å². The Morgan fingerprint density at radius 2 is 2.50 bits per heavy atom. The molecule has 0 N–H and O–H groups in total. The minimum Gasteiger partial charge on any atom is -0.0837 e. The van der Waals surface area contributed by atoms with E-state index in [-0.39, 0.29) is 0 Å². The number of hydrogen-bond acceptors (Lipinski definition) is 1. The zero-order valence-electron chi connectivity index (χ0n) is 4.95. The SMILES string of the molecule is [N-]=[N+]=Nc1cc[c]c(Cl)c1. The number of halogens is 1. The highest BCUT2D eigenvalue weighted by Gasteiger charge is 1.87. The van der Waals surface area contributed by atoms with Crippen LogP contribution in [0.5, 0.6) is 0 Å². The van der Waals surface area contributed by atoms with Crippen LogP contribution in [-0.4, -0.2) is 0 Å². The summed E-state index contributed by atoms with van der Waals surface area (Å²) in [4.78, 5) is 2.60. The van der Waals surface area contributed by atoms with E-state index in [9.17, 15) is 0 Å². The van der Waals surface area contributed by atoms with Crippen LogP contribution in [0.25, 0.3) is 10.4 Å². The van der Waals surface area contributed by atoms with Crippen LogP contribution >= 0.6 is 11.6 Å². The van der Waals surface area contributed by atoms with E-state index in [1.807, 2.05) is 0 Å². The minimum atomic E-state index is 0.449. The summed E-state index contributed by atoms with van der Waals surface area (Å²) in [6.45, 7) is 0. The first-order chi connectivity index (χ1) is 4.83. The lowest BCUT2D eigenvalue weighted by atomic mass is 10.3. The maximum Gasteiger partial charge on any atom is 0.0489 e. The van der Waals surface area contributed by atoms with E-state index in [0.29, 0.717) is 10.7 Å². The molecule has 0 spiro atoms. The fraction of sp³-hybridized carbons (Fsp3) is 0. The normalized spacial score (nSPS) is 8.50. The van der Waals surface area contributed by atoms with E-state index >= 15 is 0 Å². The van der Waals surface area contributed by atoms with Crippen LogP contribution in [0, 0.1) is 6.07 Å². The van der Waals surface area contributed by atoms with Gasteiger partial charge in [-0.05, 0) is 11.6 Å². The molecule has 0 saturated carbocycles. The van der Waals surface area contributed by atoms with E-state index in [1.165, 1.54) is 0 Å². The summed E-state index contributed by atoms with van der Waals surface area (Å²) in [6, 6.07) is 7.49. The fourth-order valence-electron chi connectivity index (χ4n) is 0.540. The van der Waals surface area contributed by atoms with Gasteiger partial charge in [0.1, 0.15) is 0 Å². The molecule has 3 nitrogen and oxygen atoms in total. The lowest BCUT2D eigenvalue weighted by Crippen LogP contribution is -1.62. The molecule has 1 aromatic rings. The fourth-order valence-corrected chi connectivity index (χ4v) is 0.715. The zero-order chi connectivity index (χ0) is 7.40. The van der Waals surface area contributed by atoms with E-state index in [4.69, 9.17) is 17.1 Å². The molecule has 10 heavy (non-hydrogen) atoms. The van der Waals surface area contributed by atoms with Gasteiger partial charge in [-0.3, -0.25) is 0 Å². The minimum absolute atomic E-state index is 0.449. The van der Waals surface area contributed by atoms with Crippen molar-refractivity contribution in [2.45, 2.75) is 0 Å². The average molecular weight is 153 g/mol. The largest absolute Gasteiger partial charge is 0.0837 e. The highest BCUT2D eigenvalue weighted by Crippen LogP contribution is 2.16. The molecule has 0 aliphatic heterocycles. The van der Waals surface area contributed by atoms with Gasteiger partial charge in [-0.25, -0.2) is 0 Å². The van der Waals surface area contributed by atoms with Crippen molar-refractivity contribution in [2.24, 2.45) is 5.11 Å². The van der Waals surface area contributed by atoms with Gasteiger partial charge in [0.25, 0.3) is 0 Å². The number of hydrogen-bond donors (Lipinski definition) is 0. The highest BCUT2D eigenvalue weighted by atomic mass is 35.5. The van der Waals surface area contributed by atoms with Crippen LogP contribution in [-0.2, 0) is 0 Å². The second kappa shape index (κ2) is 3.11. The van der Waals surface area contributed by atoms with Crippen molar-refractivity contribution in [3.8, 4) is 0 Å². The van der Waals surface area contributed by atoms with Crippen molar-refractivity contribution < 1.29 is 0 Å². The molecule has 1 rings (SSSR count). The third kappa shape index (κ3) is 1.65. The third-order valence-corrected chi connectivity index (χ3v) is 1.13. The Kier molecular flexibility index (Phi) is 2.15. The molecule has 0 aliphatic carbocycles. The van der Waals surface area contributed by atoms with Crippen LogP contribution in [0.15, 0.2) is 23.3 Å². The summed E-state index contributed by atoms with van der Waals surface area (Å²) < 4.78 is 0. The number of benzene rings is 1. The predicted molar refractivity (Wildman–Crippen MR) is 39.1 cm³/mol. The molecule has 0 aromatic heterocycles. The summed E-state index contributed by atoms with van der Waals surface area (Å²) in [6.07, 6.45) is 0. The smallest absolute Gasteiger partial charge is 0.0489 e. The first-order valence-corrected chi connectivity index (χ1v) is 2.93. The monoisotopic (exact) mass is 152 g/mol. The van der Waals surface area contributed by atoms with Crippen LogP contribution in [0.2, 0.25) is 5.02 Å². The molecule has 0 unspecified atom stereocenters. The quantitative estimate of drug-likeness (QED) is 0.337.